The van der Waals surface area contributed by atoms with Crippen molar-refractivity contribution < 1.29 is 4.74 Å². The molecule has 3 heterocycles. The van der Waals surface area contributed by atoms with Crippen LogP contribution in [0.25, 0.3) is 11.0 Å². The van der Waals surface area contributed by atoms with Gasteiger partial charge in [-0.1, -0.05) is 0 Å². The lowest BCUT2D eigenvalue weighted by molar-refractivity contribution is 0.144. The van der Waals surface area contributed by atoms with Crippen LogP contribution in [0.5, 0.6) is 0 Å². The van der Waals surface area contributed by atoms with Crippen LogP contribution in [0.15, 0.2) is 12.4 Å². The molecule has 3 rings (SSSR count). The summed E-state index contributed by atoms with van der Waals surface area (Å²) < 4.78 is 5.16. The monoisotopic (exact) mass is 301 g/mol. The lowest BCUT2D eigenvalue weighted by Crippen LogP contribution is -2.47. The van der Waals surface area contributed by atoms with E-state index >= 15 is 0 Å². The second-order valence-corrected chi connectivity index (χ2v) is 5.80. The molecule has 6 nitrogen and oxygen atoms in total. The topological polar surface area (TPSA) is 54.4 Å². The summed E-state index contributed by atoms with van der Waals surface area (Å²) in [4.78, 5) is 18.2. The van der Waals surface area contributed by atoms with E-state index in [1.807, 2.05) is 6.92 Å². The predicted octanol–water partition coefficient (Wildman–Crippen LogP) is 1.41. The molecule has 118 valence electrons. The number of pyridine rings is 1. The normalized spacial score (nSPS) is 16.4. The number of fused-ring (bicyclic) bond motifs is 1. The molecular weight excluding hydrogens is 278 g/mol. The Balaban J connectivity index is 1.83. The number of aryl methyl sites for hydroxylation is 2. The van der Waals surface area contributed by atoms with Gasteiger partial charge in [0, 0.05) is 45.5 Å². The Morgan fingerprint density at radius 3 is 2.64 bits per heavy atom. The fourth-order valence-corrected chi connectivity index (χ4v) is 3.03. The fourth-order valence-electron chi connectivity index (χ4n) is 3.03. The number of nitrogens with zero attached hydrogens (tertiary/aromatic N) is 5. The quantitative estimate of drug-likeness (QED) is 0.851. The number of piperazine rings is 1. The zero-order valence-electron chi connectivity index (χ0n) is 13.5. The number of aromatic nitrogens is 3. The van der Waals surface area contributed by atoms with Crippen LogP contribution in [-0.2, 0) is 4.74 Å². The molecule has 1 aliphatic heterocycles. The summed E-state index contributed by atoms with van der Waals surface area (Å²) in [6.07, 6.45) is 1.63. The first kappa shape index (κ1) is 15.1. The molecule has 0 spiro atoms. The van der Waals surface area contributed by atoms with Gasteiger partial charge in [0.1, 0.15) is 12.1 Å². The molecule has 1 saturated heterocycles. The Morgan fingerprint density at radius 1 is 1.14 bits per heavy atom. The second kappa shape index (κ2) is 6.54. The van der Waals surface area contributed by atoms with Crippen LogP contribution in [0.4, 0.5) is 5.82 Å². The minimum absolute atomic E-state index is 0.790. The van der Waals surface area contributed by atoms with E-state index in [1.54, 1.807) is 13.4 Å². The van der Waals surface area contributed by atoms with Gasteiger partial charge in [0.25, 0.3) is 0 Å². The maximum atomic E-state index is 5.16. The maximum absolute atomic E-state index is 5.16. The number of methoxy groups -OCH3 is 1. The van der Waals surface area contributed by atoms with Crippen molar-refractivity contribution in [2.75, 3.05) is 51.3 Å². The summed E-state index contributed by atoms with van der Waals surface area (Å²) in [6.45, 7) is 9.92. The molecule has 2 aromatic heterocycles. The third kappa shape index (κ3) is 3.03. The Bertz CT molecular complexity index is 652. The molecule has 0 atom stereocenters. The van der Waals surface area contributed by atoms with Crippen molar-refractivity contribution in [3.05, 3.63) is 23.7 Å². The van der Waals surface area contributed by atoms with Crippen molar-refractivity contribution in [1.82, 2.24) is 19.9 Å². The van der Waals surface area contributed by atoms with E-state index in [9.17, 15) is 0 Å². The van der Waals surface area contributed by atoms with Crippen molar-refractivity contribution >= 4 is 16.9 Å². The first-order valence-corrected chi connectivity index (χ1v) is 7.74. The summed E-state index contributed by atoms with van der Waals surface area (Å²) >= 11 is 0. The van der Waals surface area contributed by atoms with Crippen molar-refractivity contribution in [2.45, 2.75) is 13.8 Å². The molecule has 1 aliphatic rings. The van der Waals surface area contributed by atoms with Gasteiger partial charge in [-0.2, -0.15) is 0 Å². The van der Waals surface area contributed by atoms with E-state index in [-0.39, 0.29) is 0 Å². The Labute approximate surface area is 131 Å². The highest BCUT2D eigenvalue weighted by atomic mass is 16.5. The standard InChI is InChI=1S/C16H23N5O/c1-12-10-13(2)19-15-14(12)16(18-11-17-15)21-6-4-20(5-7-21)8-9-22-3/h10-11H,4-9H2,1-3H3. The lowest BCUT2D eigenvalue weighted by Gasteiger charge is -2.35. The highest BCUT2D eigenvalue weighted by Crippen LogP contribution is 2.26. The number of ether oxygens (including phenoxy) is 1. The zero-order valence-corrected chi connectivity index (χ0v) is 13.5. The van der Waals surface area contributed by atoms with Crippen LogP contribution in [0.3, 0.4) is 0 Å². The van der Waals surface area contributed by atoms with Crippen molar-refractivity contribution in [3.8, 4) is 0 Å². The van der Waals surface area contributed by atoms with Crippen LogP contribution >= 0.6 is 0 Å². The van der Waals surface area contributed by atoms with Crippen LogP contribution in [0, 0.1) is 13.8 Å². The summed E-state index contributed by atoms with van der Waals surface area (Å²) in [7, 11) is 1.75. The molecule has 0 radical (unpaired) electrons. The smallest absolute Gasteiger partial charge is 0.165 e. The van der Waals surface area contributed by atoms with Gasteiger partial charge in [-0.3, -0.25) is 4.90 Å². The van der Waals surface area contributed by atoms with Crippen LogP contribution in [0.2, 0.25) is 0 Å². The molecule has 2 aromatic rings. The van der Waals surface area contributed by atoms with Crippen molar-refractivity contribution in [1.29, 1.82) is 0 Å². The van der Waals surface area contributed by atoms with Crippen LogP contribution in [0.1, 0.15) is 11.3 Å². The first-order chi connectivity index (χ1) is 10.7. The van der Waals surface area contributed by atoms with E-state index in [2.05, 4.69) is 37.7 Å². The molecule has 22 heavy (non-hydrogen) atoms. The third-order valence-electron chi connectivity index (χ3n) is 4.19. The molecule has 0 bridgehead atoms. The largest absolute Gasteiger partial charge is 0.383 e. The minimum Gasteiger partial charge on any atom is -0.383 e. The highest BCUT2D eigenvalue weighted by molar-refractivity contribution is 5.90. The molecule has 0 aromatic carbocycles. The first-order valence-electron chi connectivity index (χ1n) is 7.74. The summed E-state index contributed by atoms with van der Waals surface area (Å²) in [5.74, 6) is 1.02. The number of hydrogen-bond acceptors (Lipinski definition) is 6. The molecular formula is C16H23N5O. The van der Waals surface area contributed by atoms with E-state index < -0.39 is 0 Å². The number of anilines is 1. The number of rotatable bonds is 4. The van der Waals surface area contributed by atoms with Gasteiger partial charge in [0.15, 0.2) is 5.65 Å². The average molecular weight is 301 g/mol. The van der Waals surface area contributed by atoms with E-state index in [1.165, 1.54) is 5.56 Å². The summed E-state index contributed by atoms with van der Waals surface area (Å²) in [5.41, 5.74) is 2.99. The summed E-state index contributed by atoms with van der Waals surface area (Å²) in [5, 5.41) is 1.08. The lowest BCUT2D eigenvalue weighted by atomic mass is 10.1. The molecule has 0 N–H and O–H groups in total. The molecule has 1 fully saturated rings. The highest BCUT2D eigenvalue weighted by Gasteiger charge is 2.20. The molecule has 6 heteroatoms. The second-order valence-electron chi connectivity index (χ2n) is 5.80. The SMILES string of the molecule is COCCN1CCN(c2ncnc3nc(C)cc(C)c23)CC1. The molecule has 0 unspecified atom stereocenters. The van der Waals surface area contributed by atoms with Gasteiger partial charge in [0.05, 0.1) is 12.0 Å². The van der Waals surface area contributed by atoms with Gasteiger partial charge in [-0.15, -0.1) is 0 Å². The predicted molar refractivity (Wildman–Crippen MR) is 87.3 cm³/mol. The Morgan fingerprint density at radius 2 is 1.91 bits per heavy atom. The number of hydrogen-bond donors (Lipinski definition) is 0. The Hall–Kier alpha value is -1.79. The van der Waals surface area contributed by atoms with Gasteiger partial charge >= 0.3 is 0 Å². The molecule has 0 aliphatic carbocycles. The van der Waals surface area contributed by atoms with Crippen molar-refractivity contribution in [2.24, 2.45) is 0 Å². The summed E-state index contributed by atoms with van der Waals surface area (Å²) in [6, 6.07) is 2.10. The Kier molecular flexibility index (Phi) is 4.49. The van der Waals surface area contributed by atoms with Crippen molar-refractivity contribution in [3.63, 3.8) is 0 Å². The maximum Gasteiger partial charge on any atom is 0.165 e. The van der Waals surface area contributed by atoms with Crippen LogP contribution in [-0.4, -0.2) is 66.3 Å². The minimum atomic E-state index is 0.790. The van der Waals surface area contributed by atoms with E-state index in [0.29, 0.717) is 0 Å². The fraction of sp³-hybridized carbons (Fsp3) is 0.562. The molecule has 0 saturated carbocycles. The van der Waals surface area contributed by atoms with Gasteiger partial charge in [-0.05, 0) is 25.5 Å². The molecule has 0 amide bonds. The van der Waals surface area contributed by atoms with Gasteiger partial charge in [0.2, 0.25) is 0 Å². The zero-order chi connectivity index (χ0) is 15.5. The van der Waals surface area contributed by atoms with E-state index in [4.69, 9.17) is 4.74 Å². The average Bonchev–Trinajstić information content (AvgIpc) is 2.52. The third-order valence-corrected chi connectivity index (χ3v) is 4.19. The van der Waals surface area contributed by atoms with Crippen LogP contribution < -0.4 is 4.90 Å². The van der Waals surface area contributed by atoms with Gasteiger partial charge in [-0.25, -0.2) is 15.0 Å². The van der Waals surface area contributed by atoms with Gasteiger partial charge < -0.3 is 9.64 Å². The van der Waals surface area contributed by atoms with E-state index in [0.717, 1.165) is 61.9 Å².